The van der Waals surface area contributed by atoms with E-state index in [9.17, 15) is 9.18 Å². The van der Waals surface area contributed by atoms with Crippen molar-refractivity contribution in [1.82, 2.24) is 10.3 Å². The van der Waals surface area contributed by atoms with Crippen molar-refractivity contribution in [1.29, 1.82) is 0 Å². The predicted molar refractivity (Wildman–Crippen MR) is 120 cm³/mol. The molecule has 4 aromatic rings. The highest BCUT2D eigenvalue weighted by molar-refractivity contribution is 7.13. The van der Waals surface area contributed by atoms with Crippen molar-refractivity contribution in [2.24, 2.45) is 0 Å². The van der Waals surface area contributed by atoms with Gasteiger partial charge in [0.2, 0.25) is 5.91 Å². The largest absolute Gasteiger partial charge is 0.348 e. The first-order chi connectivity index (χ1) is 14.7. The van der Waals surface area contributed by atoms with Gasteiger partial charge in [-0.05, 0) is 35.4 Å². The van der Waals surface area contributed by atoms with Crippen LogP contribution in [0.4, 0.5) is 4.39 Å². The van der Waals surface area contributed by atoms with Crippen LogP contribution in [0.25, 0.3) is 27.9 Å². The Bertz CT molecular complexity index is 1170. The smallest absolute Gasteiger partial charge is 0.244 e. The number of nitrogens with zero attached hydrogens (tertiary/aromatic N) is 1. The number of halogens is 1. The van der Waals surface area contributed by atoms with E-state index in [0.29, 0.717) is 6.54 Å². The van der Waals surface area contributed by atoms with Crippen molar-refractivity contribution < 1.29 is 9.18 Å². The summed E-state index contributed by atoms with van der Waals surface area (Å²) in [6.07, 6.45) is 3.11. The number of benzene rings is 3. The van der Waals surface area contributed by atoms with Gasteiger partial charge in [0.25, 0.3) is 0 Å². The molecular weight excluding hydrogens is 395 g/mol. The van der Waals surface area contributed by atoms with Gasteiger partial charge in [0.15, 0.2) is 0 Å². The molecule has 1 aromatic heterocycles. The van der Waals surface area contributed by atoms with Gasteiger partial charge in [-0.1, -0.05) is 60.7 Å². The van der Waals surface area contributed by atoms with Gasteiger partial charge in [0.1, 0.15) is 10.8 Å². The predicted octanol–water partition coefficient (Wildman–Crippen LogP) is 5.95. The molecule has 5 heteroatoms. The van der Waals surface area contributed by atoms with Crippen LogP contribution in [0.15, 0.2) is 90.3 Å². The van der Waals surface area contributed by atoms with Gasteiger partial charge in [-0.15, -0.1) is 11.3 Å². The lowest BCUT2D eigenvalue weighted by Crippen LogP contribution is -2.20. The molecule has 1 amide bonds. The summed E-state index contributed by atoms with van der Waals surface area (Å²) >= 11 is 1.60. The lowest BCUT2D eigenvalue weighted by atomic mass is 10.1. The van der Waals surface area contributed by atoms with Gasteiger partial charge in [0.05, 0.1) is 5.69 Å². The molecule has 3 aromatic carbocycles. The van der Waals surface area contributed by atoms with E-state index >= 15 is 0 Å². The molecule has 1 N–H and O–H groups in total. The van der Waals surface area contributed by atoms with Gasteiger partial charge in [-0.25, -0.2) is 9.37 Å². The maximum Gasteiger partial charge on any atom is 0.244 e. The summed E-state index contributed by atoms with van der Waals surface area (Å²) in [5.41, 5.74) is 4.84. The van der Waals surface area contributed by atoms with E-state index in [1.807, 2.05) is 54.6 Å². The second kappa shape index (κ2) is 9.29. The fourth-order valence-electron chi connectivity index (χ4n) is 2.96. The van der Waals surface area contributed by atoms with E-state index < -0.39 is 0 Å². The molecule has 30 heavy (non-hydrogen) atoms. The number of rotatable bonds is 6. The summed E-state index contributed by atoms with van der Waals surface area (Å²) in [7, 11) is 0. The summed E-state index contributed by atoms with van der Waals surface area (Å²) in [6.45, 7) is 0.414. The number of hydrogen-bond acceptors (Lipinski definition) is 3. The zero-order chi connectivity index (χ0) is 20.8. The molecule has 0 atom stereocenters. The number of thiazole rings is 1. The average Bonchev–Trinajstić information content (AvgIpc) is 3.29. The average molecular weight is 415 g/mol. The van der Waals surface area contributed by atoms with E-state index in [4.69, 9.17) is 4.98 Å². The fourth-order valence-corrected chi connectivity index (χ4v) is 3.78. The SMILES string of the molecule is O=C(/C=C/c1ccc(F)cc1)NCc1cccc(-c2nc(-c3ccccc3)cs2)c1. The summed E-state index contributed by atoms with van der Waals surface area (Å²) < 4.78 is 12.9. The van der Waals surface area contributed by atoms with Crippen LogP contribution < -0.4 is 5.32 Å². The number of hydrogen-bond donors (Lipinski definition) is 1. The van der Waals surface area contributed by atoms with Crippen LogP contribution in [-0.2, 0) is 11.3 Å². The summed E-state index contributed by atoms with van der Waals surface area (Å²) in [4.78, 5) is 16.8. The Morgan fingerprint density at radius 3 is 2.53 bits per heavy atom. The van der Waals surface area contributed by atoms with E-state index in [1.165, 1.54) is 18.2 Å². The third kappa shape index (κ3) is 5.07. The van der Waals surface area contributed by atoms with E-state index in [-0.39, 0.29) is 11.7 Å². The van der Waals surface area contributed by atoms with Crippen LogP contribution in [0.5, 0.6) is 0 Å². The van der Waals surface area contributed by atoms with Gasteiger partial charge in [0, 0.05) is 29.1 Å². The van der Waals surface area contributed by atoms with Gasteiger partial charge in [-0.2, -0.15) is 0 Å². The number of nitrogens with one attached hydrogen (secondary N) is 1. The number of amides is 1. The molecule has 4 rings (SSSR count). The molecule has 0 saturated carbocycles. The lowest BCUT2D eigenvalue weighted by molar-refractivity contribution is -0.116. The van der Waals surface area contributed by atoms with Gasteiger partial charge < -0.3 is 5.32 Å². The van der Waals surface area contributed by atoms with Crippen molar-refractivity contribution in [3.8, 4) is 21.8 Å². The van der Waals surface area contributed by atoms with Crippen LogP contribution in [0.3, 0.4) is 0 Å². The van der Waals surface area contributed by atoms with Crippen LogP contribution in [0, 0.1) is 5.82 Å². The van der Waals surface area contributed by atoms with Crippen molar-refractivity contribution in [2.75, 3.05) is 0 Å². The topological polar surface area (TPSA) is 42.0 Å². The second-order valence-electron chi connectivity index (χ2n) is 6.71. The Labute approximate surface area is 178 Å². The van der Waals surface area contributed by atoms with Crippen molar-refractivity contribution in [3.63, 3.8) is 0 Å². The Morgan fingerprint density at radius 1 is 0.967 bits per heavy atom. The number of carbonyl (C=O) groups is 1. The Balaban J connectivity index is 1.39. The minimum absolute atomic E-state index is 0.203. The quantitative estimate of drug-likeness (QED) is 0.396. The minimum Gasteiger partial charge on any atom is -0.348 e. The normalized spacial score (nSPS) is 11.0. The molecule has 0 aliphatic rings. The lowest BCUT2D eigenvalue weighted by Gasteiger charge is -2.05. The highest BCUT2D eigenvalue weighted by Gasteiger charge is 2.07. The molecule has 1 heterocycles. The van der Waals surface area contributed by atoms with Gasteiger partial charge >= 0.3 is 0 Å². The first-order valence-corrected chi connectivity index (χ1v) is 10.4. The van der Waals surface area contributed by atoms with Crippen LogP contribution in [-0.4, -0.2) is 10.9 Å². The van der Waals surface area contributed by atoms with Crippen LogP contribution in [0.1, 0.15) is 11.1 Å². The minimum atomic E-state index is -0.299. The molecule has 0 radical (unpaired) electrons. The highest BCUT2D eigenvalue weighted by atomic mass is 32.1. The summed E-state index contributed by atoms with van der Waals surface area (Å²) in [5.74, 6) is -0.502. The van der Waals surface area contributed by atoms with Crippen LogP contribution in [0.2, 0.25) is 0 Å². The number of aromatic nitrogens is 1. The zero-order valence-corrected chi connectivity index (χ0v) is 16.9. The second-order valence-corrected chi connectivity index (χ2v) is 7.57. The summed E-state index contributed by atoms with van der Waals surface area (Å²) in [5, 5.41) is 5.87. The fraction of sp³-hybridized carbons (Fsp3) is 0.0400. The van der Waals surface area contributed by atoms with Crippen LogP contribution >= 0.6 is 11.3 Å². The molecule has 0 saturated heterocycles. The monoisotopic (exact) mass is 414 g/mol. The molecule has 0 unspecified atom stereocenters. The molecule has 0 fully saturated rings. The molecular formula is C25H19FN2OS. The van der Waals surface area contributed by atoms with E-state index in [0.717, 1.165) is 33.0 Å². The Hall–Kier alpha value is -3.57. The molecule has 0 aliphatic carbocycles. The molecule has 0 spiro atoms. The maximum atomic E-state index is 12.9. The first-order valence-electron chi connectivity index (χ1n) is 9.49. The third-order valence-electron chi connectivity index (χ3n) is 4.51. The number of carbonyl (C=O) groups excluding carboxylic acids is 1. The highest BCUT2D eigenvalue weighted by Crippen LogP contribution is 2.29. The Morgan fingerprint density at radius 2 is 1.73 bits per heavy atom. The zero-order valence-electron chi connectivity index (χ0n) is 16.1. The van der Waals surface area contributed by atoms with E-state index in [1.54, 1.807) is 29.5 Å². The molecule has 0 bridgehead atoms. The molecule has 0 aliphatic heterocycles. The molecule has 148 valence electrons. The first kappa shape index (κ1) is 19.7. The van der Waals surface area contributed by atoms with Crippen molar-refractivity contribution >= 4 is 23.3 Å². The maximum absolute atomic E-state index is 12.9. The third-order valence-corrected chi connectivity index (χ3v) is 5.40. The van der Waals surface area contributed by atoms with Crippen molar-refractivity contribution in [3.05, 3.63) is 107 Å². The molecule has 3 nitrogen and oxygen atoms in total. The van der Waals surface area contributed by atoms with E-state index in [2.05, 4.69) is 10.7 Å². The van der Waals surface area contributed by atoms with Gasteiger partial charge in [-0.3, -0.25) is 4.79 Å². The van der Waals surface area contributed by atoms with Crippen molar-refractivity contribution in [2.45, 2.75) is 6.54 Å². The summed E-state index contributed by atoms with van der Waals surface area (Å²) in [6, 6.07) is 24.1. The Kier molecular flexibility index (Phi) is 6.11. The standard InChI is InChI=1S/C25H19FN2OS/c26-22-12-9-18(10-13-22)11-14-24(29)27-16-19-5-4-8-21(15-19)25-28-23(17-30-25)20-6-2-1-3-7-20/h1-15,17H,16H2,(H,27,29)/b14-11+.